The van der Waals surface area contributed by atoms with Gasteiger partial charge in [0.15, 0.2) is 0 Å². The van der Waals surface area contributed by atoms with E-state index in [2.05, 4.69) is 26.8 Å². The third-order valence-corrected chi connectivity index (χ3v) is 4.97. The van der Waals surface area contributed by atoms with E-state index in [1.54, 1.807) is 0 Å². The molecule has 0 radical (unpaired) electrons. The summed E-state index contributed by atoms with van der Waals surface area (Å²) < 4.78 is 11.7. The lowest BCUT2D eigenvalue weighted by Crippen LogP contribution is -2.43. The smallest absolute Gasteiger partial charge is 0.0980 e. The average Bonchev–Trinajstić information content (AvgIpc) is 3.19. The minimum absolute atomic E-state index is 0.0354. The molecule has 1 spiro atoms. The highest BCUT2D eigenvalue weighted by Crippen LogP contribution is 2.58. The van der Waals surface area contributed by atoms with Crippen molar-refractivity contribution in [2.24, 2.45) is 5.92 Å². The van der Waals surface area contributed by atoms with Crippen LogP contribution in [-0.2, 0) is 9.47 Å². The largest absolute Gasteiger partial charge is 0.393 e. The molecule has 3 rings (SSSR count). The maximum absolute atomic E-state index is 9.91. The van der Waals surface area contributed by atoms with Crippen molar-refractivity contribution in [2.75, 3.05) is 6.61 Å². The third kappa shape index (κ3) is 2.02. The summed E-state index contributed by atoms with van der Waals surface area (Å²) in [7, 11) is 0. The number of ether oxygens (including phenoxy) is 2. The molecule has 0 aromatic heterocycles. The summed E-state index contributed by atoms with van der Waals surface area (Å²) >= 11 is 0. The summed E-state index contributed by atoms with van der Waals surface area (Å²) in [4.78, 5) is 0. The van der Waals surface area contributed by atoms with Crippen molar-refractivity contribution in [3.8, 4) is 0 Å². The topological polar surface area (TPSA) is 45.3 Å². The van der Waals surface area contributed by atoms with Crippen LogP contribution in [0.2, 0.25) is 0 Å². The highest BCUT2D eigenvalue weighted by molar-refractivity contribution is 5.17. The molecule has 0 aromatic carbocycles. The van der Waals surface area contributed by atoms with E-state index in [1.165, 1.54) is 5.57 Å². The van der Waals surface area contributed by atoms with Crippen LogP contribution in [0.15, 0.2) is 11.6 Å². The minimum Gasteiger partial charge on any atom is -0.393 e. The van der Waals surface area contributed by atoms with E-state index in [9.17, 15) is 5.11 Å². The second kappa shape index (κ2) is 4.06. The van der Waals surface area contributed by atoms with Crippen molar-refractivity contribution >= 4 is 0 Å². The second-order valence-corrected chi connectivity index (χ2v) is 6.64. The van der Waals surface area contributed by atoms with E-state index in [1.807, 2.05) is 0 Å². The number of hydrogen-bond acceptors (Lipinski definition) is 3. The summed E-state index contributed by atoms with van der Waals surface area (Å²) in [6.07, 6.45) is 6.08. The fourth-order valence-corrected chi connectivity index (χ4v) is 3.59. The zero-order valence-electron chi connectivity index (χ0n) is 11.6. The molecule has 0 amide bonds. The summed E-state index contributed by atoms with van der Waals surface area (Å²) in [6, 6.07) is 0. The van der Waals surface area contributed by atoms with Gasteiger partial charge in [-0.2, -0.15) is 0 Å². The highest BCUT2D eigenvalue weighted by Gasteiger charge is 2.68. The maximum Gasteiger partial charge on any atom is 0.0980 e. The Labute approximate surface area is 109 Å². The van der Waals surface area contributed by atoms with Gasteiger partial charge < -0.3 is 14.6 Å². The van der Waals surface area contributed by atoms with Crippen molar-refractivity contribution in [3.63, 3.8) is 0 Å². The average molecular weight is 252 g/mol. The van der Waals surface area contributed by atoms with Crippen LogP contribution in [0.1, 0.15) is 46.5 Å². The molecule has 3 heteroatoms. The Morgan fingerprint density at radius 2 is 2.17 bits per heavy atom. The first-order valence-corrected chi connectivity index (χ1v) is 7.09. The minimum atomic E-state index is -0.171. The van der Waals surface area contributed by atoms with Crippen molar-refractivity contribution in [1.82, 2.24) is 0 Å². The van der Waals surface area contributed by atoms with Crippen LogP contribution in [0, 0.1) is 5.92 Å². The molecule has 0 aromatic rings. The van der Waals surface area contributed by atoms with Crippen LogP contribution in [0.25, 0.3) is 0 Å². The molecule has 3 nitrogen and oxygen atoms in total. The van der Waals surface area contributed by atoms with E-state index in [-0.39, 0.29) is 17.3 Å². The predicted molar refractivity (Wildman–Crippen MR) is 69.4 cm³/mol. The van der Waals surface area contributed by atoms with Crippen molar-refractivity contribution < 1.29 is 14.6 Å². The zero-order valence-corrected chi connectivity index (χ0v) is 11.6. The van der Waals surface area contributed by atoms with Crippen LogP contribution >= 0.6 is 0 Å². The number of epoxide rings is 2. The zero-order chi connectivity index (χ0) is 13.0. The summed E-state index contributed by atoms with van der Waals surface area (Å²) in [5.41, 5.74) is 1.30. The Kier molecular flexibility index (Phi) is 2.85. The quantitative estimate of drug-likeness (QED) is 0.620. The lowest BCUT2D eigenvalue weighted by atomic mass is 9.70. The standard InChI is InChI=1S/C15H24O3/c1-10(2)4-5-13-14(3,18-13)12-8-11(16)6-7-15(12)9-17-15/h4,11-13,16H,5-9H2,1-3H3/t11-,12-,13+,14-,15+/m1/s1. The maximum atomic E-state index is 9.91. The molecule has 102 valence electrons. The van der Waals surface area contributed by atoms with E-state index in [0.717, 1.165) is 32.3 Å². The molecule has 3 aliphatic rings. The van der Waals surface area contributed by atoms with Gasteiger partial charge in [0.2, 0.25) is 0 Å². The molecule has 3 fully saturated rings. The Hall–Kier alpha value is -0.380. The predicted octanol–water partition coefficient (Wildman–Crippen LogP) is 2.43. The first-order valence-electron chi connectivity index (χ1n) is 7.09. The molecule has 1 N–H and O–H groups in total. The van der Waals surface area contributed by atoms with E-state index < -0.39 is 0 Å². The second-order valence-electron chi connectivity index (χ2n) is 6.64. The molecule has 1 saturated carbocycles. The van der Waals surface area contributed by atoms with Crippen molar-refractivity contribution in [1.29, 1.82) is 0 Å². The molecule has 2 heterocycles. The first-order chi connectivity index (χ1) is 8.46. The van der Waals surface area contributed by atoms with Gasteiger partial charge in [-0.05, 0) is 46.5 Å². The van der Waals surface area contributed by atoms with E-state index in [0.29, 0.717) is 12.0 Å². The van der Waals surface area contributed by atoms with E-state index >= 15 is 0 Å². The van der Waals surface area contributed by atoms with Gasteiger partial charge in [-0.3, -0.25) is 0 Å². The number of aliphatic hydroxyl groups excluding tert-OH is 1. The monoisotopic (exact) mass is 252 g/mol. The van der Waals surface area contributed by atoms with Gasteiger partial charge in [0.25, 0.3) is 0 Å². The highest BCUT2D eigenvalue weighted by atomic mass is 16.6. The Bertz CT molecular complexity index is 368. The third-order valence-electron chi connectivity index (χ3n) is 4.97. The summed E-state index contributed by atoms with van der Waals surface area (Å²) in [5, 5.41) is 9.91. The van der Waals surface area contributed by atoms with Crippen molar-refractivity contribution in [3.05, 3.63) is 11.6 Å². The first kappa shape index (κ1) is 12.6. The summed E-state index contributed by atoms with van der Waals surface area (Å²) in [5.74, 6) is 0.365. The van der Waals surface area contributed by atoms with Crippen LogP contribution < -0.4 is 0 Å². The molecule has 0 bridgehead atoms. The number of allylic oxidation sites excluding steroid dienone is 1. The van der Waals surface area contributed by atoms with Gasteiger partial charge in [0.05, 0.1) is 30.0 Å². The van der Waals surface area contributed by atoms with Gasteiger partial charge >= 0.3 is 0 Å². The number of rotatable bonds is 3. The van der Waals surface area contributed by atoms with Crippen LogP contribution in [-0.4, -0.2) is 35.1 Å². The molecule has 18 heavy (non-hydrogen) atoms. The van der Waals surface area contributed by atoms with Gasteiger partial charge in [-0.25, -0.2) is 0 Å². The number of aliphatic hydroxyl groups is 1. The molecule has 5 atom stereocenters. The molecule has 2 saturated heterocycles. The lowest BCUT2D eigenvalue weighted by molar-refractivity contribution is 0.0145. The normalized spacial score (nSPS) is 50.1. The van der Waals surface area contributed by atoms with Crippen LogP contribution in [0.4, 0.5) is 0 Å². The van der Waals surface area contributed by atoms with Gasteiger partial charge in [-0.15, -0.1) is 0 Å². The molecule has 2 aliphatic heterocycles. The lowest BCUT2D eigenvalue weighted by Gasteiger charge is -2.35. The van der Waals surface area contributed by atoms with Gasteiger partial charge in [-0.1, -0.05) is 11.6 Å². The van der Waals surface area contributed by atoms with E-state index in [4.69, 9.17) is 9.47 Å². The van der Waals surface area contributed by atoms with Crippen LogP contribution in [0.5, 0.6) is 0 Å². The fourth-order valence-electron chi connectivity index (χ4n) is 3.59. The van der Waals surface area contributed by atoms with Crippen molar-refractivity contribution in [2.45, 2.75) is 69.9 Å². The number of hydrogen-bond donors (Lipinski definition) is 1. The Balaban J connectivity index is 1.69. The molecule has 0 unspecified atom stereocenters. The SMILES string of the molecule is CC(C)=CC[C@@H]1O[C@]1(C)[C@H]1C[C@H](O)CC[C@]12CO2. The Morgan fingerprint density at radius 1 is 1.44 bits per heavy atom. The Morgan fingerprint density at radius 3 is 2.78 bits per heavy atom. The molecular weight excluding hydrogens is 228 g/mol. The molecular formula is C15H24O3. The van der Waals surface area contributed by atoms with Gasteiger partial charge in [0.1, 0.15) is 0 Å². The van der Waals surface area contributed by atoms with Gasteiger partial charge in [0, 0.05) is 5.92 Å². The summed E-state index contributed by atoms with van der Waals surface area (Å²) in [6.45, 7) is 7.30. The van der Waals surface area contributed by atoms with Crippen LogP contribution in [0.3, 0.4) is 0 Å². The molecule has 1 aliphatic carbocycles. The fraction of sp³-hybridized carbons (Fsp3) is 0.867.